The van der Waals surface area contributed by atoms with Crippen molar-refractivity contribution in [2.45, 2.75) is 47.0 Å². The third-order valence-electron chi connectivity index (χ3n) is 3.23. The Labute approximate surface area is 105 Å². The molecule has 0 amide bonds. The van der Waals surface area contributed by atoms with Crippen molar-refractivity contribution >= 4 is 0 Å². The van der Waals surface area contributed by atoms with Gasteiger partial charge in [-0.15, -0.1) is 0 Å². The Morgan fingerprint density at radius 2 is 1.88 bits per heavy atom. The van der Waals surface area contributed by atoms with Crippen LogP contribution in [0.1, 0.15) is 44.2 Å². The third-order valence-corrected chi connectivity index (χ3v) is 3.23. The van der Waals surface area contributed by atoms with Gasteiger partial charge in [-0.1, -0.05) is 30.7 Å². The normalized spacial score (nSPS) is 19.1. The van der Waals surface area contributed by atoms with Gasteiger partial charge >= 0.3 is 0 Å². The Hall–Kier alpha value is -1.11. The van der Waals surface area contributed by atoms with Crippen molar-refractivity contribution < 1.29 is 4.39 Å². The summed E-state index contributed by atoms with van der Waals surface area (Å²) in [7, 11) is 0. The summed E-state index contributed by atoms with van der Waals surface area (Å²) in [6.45, 7) is 8.19. The monoisotopic (exact) mass is 234 g/mol. The summed E-state index contributed by atoms with van der Waals surface area (Å²) in [5.41, 5.74) is 3.27. The highest BCUT2D eigenvalue weighted by Crippen LogP contribution is 2.21. The fourth-order valence-corrected chi connectivity index (χ4v) is 1.79. The van der Waals surface area contributed by atoms with Crippen LogP contribution in [-0.2, 0) is 0 Å². The molecule has 0 nitrogen and oxygen atoms in total. The molecular formula is C16H23F. The van der Waals surface area contributed by atoms with Crippen molar-refractivity contribution in [2.75, 3.05) is 0 Å². The first-order valence-electron chi connectivity index (χ1n) is 6.37. The van der Waals surface area contributed by atoms with Gasteiger partial charge in [0.1, 0.15) is 5.82 Å². The molecule has 1 unspecified atom stereocenters. The van der Waals surface area contributed by atoms with Crippen LogP contribution < -0.4 is 0 Å². The van der Waals surface area contributed by atoms with E-state index in [4.69, 9.17) is 0 Å². The van der Waals surface area contributed by atoms with E-state index in [9.17, 15) is 4.39 Å². The zero-order chi connectivity index (χ0) is 12.8. The average molecular weight is 234 g/mol. The second-order valence-electron chi connectivity index (χ2n) is 5.18. The number of aryl methyl sites for hydroxylation is 2. The predicted octanol–water partition coefficient (Wildman–Crippen LogP) is 5.20. The molecule has 1 aliphatic rings. The van der Waals surface area contributed by atoms with Crippen LogP contribution in [0.4, 0.5) is 4.39 Å². The molecule has 1 aromatic carbocycles. The molecule has 1 aliphatic carbocycles. The number of hydrogen-bond donors (Lipinski definition) is 0. The van der Waals surface area contributed by atoms with Crippen molar-refractivity contribution in [3.8, 4) is 0 Å². The van der Waals surface area contributed by atoms with Crippen LogP contribution in [0.3, 0.4) is 0 Å². The Morgan fingerprint density at radius 3 is 2.29 bits per heavy atom. The molecule has 0 saturated carbocycles. The maximum absolute atomic E-state index is 12.6. The van der Waals surface area contributed by atoms with Gasteiger partial charge in [0.05, 0.1) is 0 Å². The molecule has 1 aromatic rings. The summed E-state index contributed by atoms with van der Waals surface area (Å²) in [4.78, 5) is 0. The Bertz CT molecular complexity index is 391. The van der Waals surface area contributed by atoms with Crippen LogP contribution in [0.15, 0.2) is 29.8 Å². The number of allylic oxidation sites excluding steroid dienone is 2. The zero-order valence-electron chi connectivity index (χ0n) is 11.4. The first-order valence-corrected chi connectivity index (χ1v) is 6.37. The quantitative estimate of drug-likeness (QED) is 0.541. The third kappa shape index (κ3) is 5.16. The Morgan fingerprint density at radius 1 is 1.18 bits per heavy atom. The minimum atomic E-state index is -0.116. The summed E-state index contributed by atoms with van der Waals surface area (Å²) in [5, 5.41) is 0. The molecule has 0 heterocycles. The highest BCUT2D eigenvalue weighted by molar-refractivity contribution is 5.21. The number of benzene rings is 1. The molecule has 1 atom stereocenters. The molecule has 0 radical (unpaired) electrons. The maximum atomic E-state index is 12.6. The van der Waals surface area contributed by atoms with Crippen molar-refractivity contribution in [2.24, 2.45) is 5.92 Å². The van der Waals surface area contributed by atoms with Gasteiger partial charge in [0.2, 0.25) is 0 Å². The minimum Gasteiger partial charge on any atom is -0.207 e. The van der Waals surface area contributed by atoms with Gasteiger partial charge in [-0.2, -0.15) is 0 Å². The second kappa shape index (κ2) is 6.58. The molecule has 0 bridgehead atoms. The number of hydrogen-bond acceptors (Lipinski definition) is 0. The fraction of sp³-hybridized carbons (Fsp3) is 0.500. The summed E-state index contributed by atoms with van der Waals surface area (Å²) >= 11 is 0. The zero-order valence-corrected chi connectivity index (χ0v) is 11.4. The van der Waals surface area contributed by atoms with E-state index in [0.717, 1.165) is 11.5 Å². The van der Waals surface area contributed by atoms with Crippen molar-refractivity contribution in [3.05, 3.63) is 46.8 Å². The van der Waals surface area contributed by atoms with E-state index in [0.29, 0.717) is 5.56 Å². The smallest absolute Gasteiger partial charge is 0.126 e. The highest BCUT2D eigenvalue weighted by atomic mass is 19.1. The van der Waals surface area contributed by atoms with E-state index in [-0.39, 0.29) is 5.82 Å². The van der Waals surface area contributed by atoms with Gasteiger partial charge in [-0.3, -0.25) is 0 Å². The lowest BCUT2D eigenvalue weighted by molar-refractivity contribution is 0.514. The fourth-order valence-electron chi connectivity index (χ4n) is 1.79. The van der Waals surface area contributed by atoms with Gasteiger partial charge in [0.15, 0.2) is 0 Å². The first kappa shape index (κ1) is 14.0. The van der Waals surface area contributed by atoms with Crippen molar-refractivity contribution in [1.29, 1.82) is 0 Å². The van der Waals surface area contributed by atoms with E-state index in [1.165, 1.54) is 25.3 Å². The maximum Gasteiger partial charge on any atom is 0.126 e. The van der Waals surface area contributed by atoms with Crippen LogP contribution in [0.25, 0.3) is 0 Å². The molecule has 0 spiro atoms. The van der Waals surface area contributed by atoms with Crippen LogP contribution in [0.2, 0.25) is 0 Å². The van der Waals surface area contributed by atoms with E-state index in [1.807, 2.05) is 13.0 Å². The molecular weight excluding hydrogens is 211 g/mol. The van der Waals surface area contributed by atoms with Crippen LogP contribution >= 0.6 is 0 Å². The van der Waals surface area contributed by atoms with Crippen LogP contribution in [0, 0.1) is 25.6 Å². The van der Waals surface area contributed by atoms with Crippen molar-refractivity contribution in [3.63, 3.8) is 0 Å². The number of halogens is 1. The molecule has 94 valence electrons. The molecule has 2 rings (SSSR count). The van der Waals surface area contributed by atoms with E-state index in [1.54, 1.807) is 18.6 Å². The van der Waals surface area contributed by atoms with Gasteiger partial charge in [-0.05, 0) is 63.1 Å². The molecule has 0 N–H and O–H groups in total. The van der Waals surface area contributed by atoms with E-state index < -0.39 is 0 Å². The van der Waals surface area contributed by atoms with Crippen molar-refractivity contribution in [1.82, 2.24) is 0 Å². The average Bonchev–Trinajstić information content (AvgIpc) is 2.29. The van der Waals surface area contributed by atoms with E-state index in [2.05, 4.69) is 19.9 Å². The minimum absolute atomic E-state index is 0.116. The Balaban J connectivity index is 0.000000171. The topological polar surface area (TPSA) is 0 Å². The van der Waals surface area contributed by atoms with Crippen LogP contribution in [-0.4, -0.2) is 0 Å². The SMILES string of the molecule is CC1=CCC(C)CC1.Cc1ccc(C)c(F)c1. The second-order valence-corrected chi connectivity index (χ2v) is 5.18. The van der Waals surface area contributed by atoms with Gasteiger partial charge in [-0.25, -0.2) is 4.39 Å². The summed E-state index contributed by atoms with van der Waals surface area (Å²) in [6.07, 6.45) is 6.42. The molecule has 1 heteroatoms. The lowest BCUT2D eigenvalue weighted by Gasteiger charge is -2.14. The summed E-state index contributed by atoms with van der Waals surface area (Å²) in [5.74, 6) is 0.828. The van der Waals surface area contributed by atoms with Crippen LogP contribution in [0.5, 0.6) is 0 Å². The molecule has 0 aromatic heterocycles. The standard InChI is InChI=1S/C8H9F.C8H14/c1-6-3-4-7(2)8(9)5-6;1-7-3-5-8(2)6-4-7/h3-5H,1-2H3;3,8H,4-6H2,1-2H3. The summed E-state index contributed by atoms with van der Waals surface area (Å²) in [6, 6.07) is 5.22. The van der Waals surface area contributed by atoms with E-state index >= 15 is 0 Å². The first-order chi connectivity index (χ1) is 7.99. The highest BCUT2D eigenvalue weighted by Gasteiger charge is 2.05. The predicted molar refractivity (Wildman–Crippen MR) is 72.6 cm³/mol. The largest absolute Gasteiger partial charge is 0.207 e. The lowest BCUT2D eigenvalue weighted by atomic mass is 9.92. The number of rotatable bonds is 0. The van der Waals surface area contributed by atoms with Gasteiger partial charge < -0.3 is 0 Å². The Kier molecular flexibility index (Phi) is 5.40. The molecule has 0 fully saturated rings. The molecule has 0 aliphatic heterocycles. The molecule has 0 saturated heterocycles. The molecule has 17 heavy (non-hydrogen) atoms. The van der Waals surface area contributed by atoms with Gasteiger partial charge in [0.25, 0.3) is 0 Å². The van der Waals surface area contributed by atoms with Gasteiger partial charge in [0, 0.05) is 0 Å². The summed E-state index contributed by atoms with van der Waals surface area (Å²) < 4.78 is 12.6. The lowest BCUT2D eigenvalue weighted by Crippen LogP contribution is -1.98.